The van der Waals surface area contributed by atoms with Crippen molar-refractivity contribution >= 4 is 17.5 Å². The monoisotopic (exact) mass is 239 g/mol. The Morgan fingerprint density at radius 1 is 1.06 bits per heavy atom. The second kappa shape index (κ2) is 5.35. The molecule has 0 fully saturated rings. The van der Waals surface area contributed by atoms with Crippen LogP contribution in [-0.4, -0.2) is 22.9 Å². The summed E-state index contributed by atoms with van der Waals surface area (Å²) in [6.07, 6.45) is 0. The van der Waals surface area contributed by atoms with Crippen molar-refractivity contribution in [1.29, 1.82) is 0 Å². The molecule has 2 nitrogen and oxygen atoms in total. The predicted molar refractivity (Wildman–Crippen MR) is 67.9 cm³/mol. The minimum Gasteiger partial charge on any atom is -0.334 e. The van der Waals surface area contributed by atoms with E-state index in [1.165, 1.54) is 0 Å². The highest BCUT2D eigenvalue weighted by Gasteiger charge is 2.21. The molecule has 0 saturated carbocycles. The van der Waals surface area contributed by atoms with E-state index >= 15 is 0 Å². The molecule has 0 N–H and O–H groups in total. The molecule has 0 saturated heterocycles. The maximum absolute atomic E-state index is 12.2. The highest BCUT2D eigenvalue weighted by atomic mass is 35.5. The van der Waals surface area contributed by atoms with Crippen LogP contribution >= 0.6 is 11.6 Å². The molecule has 0 bridgehead atoms. The van der Waals surface area contributed by atoms with Crippen molar-refractivity contribution in [3.05, 3.63) is 34.9 Å². The quantitative estimate of drug-likeness (QED) is 0.789. The third-order valence-corrected chi connectivity index (χ3v) is 2.69. The summed E-state index contributed by atoms with van der Waals surface area (Å²) < 4.78 is 0. The van der Waals surface area contributed by atoms with Crippen molar-refractivity contribution in [2.75, 3.05) is 0 Å². The Morgan fingerprint density at radius 2 is 1.50 bits per heavy atom. The number of amides is 1. The molecule has 88 valence electrons. The number of hydrogen-bond donors (Lipinski definition) is 0. The lowest BCUT2D eigenvalue weighted by molar-refractivity contribution is 0.0644. The molecular formula is C13H18ClNO. The van der Waals surface area contributed by atoms with Crippen molar-refractivity contribution in [1.82, 2.24) is 4.90 Å². The second-order valence-electron chi connectivity index (χ2n) is 4.41. The van der Waals surface area contributed by atoms with Crippen LogP contribution in [0.4, 0.5) is 0 Å². The number of benzene rings is 1. The average molecular weight is 240 g/mol. The van der Waals surface area contributed by atoms with Gasteiger partial charge in [-0.15, -0.1) is 0 Å². The fourth-order valence-corrected chi connectivity index (χ4v) is 1.93. The minimum atomic E-state index is 0.0571. The van der Waals surface area contributed by atoms with Crippen LogP contribution in [0.25, 0.3) is 0 Å². The van der Waals surface area contributed by atoms with E-state index < -0.39 is 0 Å². The lowest BCUT2D eigenvalue weighted by Gasteiger charge is -2.30. The Hall–Kier alpha value is -1.02. The molecule has 0 radical (unpaired) electrons. The molecular weight excluding hydrogens is 222 g/mol. The zero-order valence-corrected chi connectivity index (χ0v) is 11.0. The summed E-state index contributed by atoms with van der Waals surface area (Å²) >= 11 is 5.80. The van der Waals surface area contributed by atoms with Gasteiger partial charge in [0.1, 0.15) is 0 Å². The van der Waals surface area contributed by atoms with Gasteiger partial charge in [-0.05, 0) is 52.0 Å². The van der Waals surface area contributed by atoms with E-state index in [1.807, 2.05) is 32.6 Å². The van der Waals surface area contributed by atoms with Crippen LogP contribution in [0.5, 0.6) is 0 Å². The van der Waals surface area contributed by atoms with Crippen LogP contribution in [0, 0.1) is 0 Å². The first-order valence-corrected chi connectivity index (χ1v) is 5.89. The standard InChI is InChI=1S/C13H18ClNO/c1-9(2)15(10(3)4)13(16)11-5-7-12(14)8-6-11/h5-10H,1-4H3. The number of rotatable bonds is 3. The fourth-order valence-electron chi connectivity index (χ4n) is 1.81. The van der Waals surface area contributed by atoms with E-state index in [2.05, 4.69) is 0 Å². The molecule has 1 amide bonds. The Kier molecular flexibility index (Phi) is 4.36. The molecule has 0 unspecified atom stereocenters. The van der Waals surface area contributed by atoms with Gasteiger partial charge in [-0.25, -0.2) is 0 Å². The molecule has 0 aliphatic rings. The van der Waals surface area contributed by atoms with E-state index in [-0.39, 0.29) is 18.0 Å². The van der Waals surface area contributed by atoms with Crippen LogP contribution in [-0.2, 0) is 0 Å². The third-order valence-electron chi connectivity index (χ3n) is 2.44. The smallest absolute Gasteiger partial charge is 0.254 e. The highest BCUT2D eigenvalue weighted by molar-refractivity contribution is 6.30. The largest absolute Gasteiger partial charge is 0.334 e. The number of carbonyl (C=O) groups excluding carboxylic acids is 1. The molecule has 16 heavy (non-hydrogen) atoms. The topological polar surface area (TPSA) is 20.3 Å². The van der Waals surface area contributed by atoms with Crippen molar-refractivity contribution in [3.63, 3.8) is 0 Å². The molecule has 0 spiro atoms. The molecule has 0 atom stereocenters. The van der Waals surface area contributed by atoms with Gasteiger partial charge < -0.3 is 4.90 Å². The first-order valence-electron chi connectivity index (χ1n) is 5.51. The Bertz CT molecular complexity index is 349. The number of nitrogens with zero attached hydrogens (tertiary/aromatic N) is 1. The van der Waals surface area contributed by atoms with Crippen LogP contribution in [0.2, 0.25) is 5.02 Å². The molecule has 1 aromatic carbocycles. The first kappa shape index (κ1) is 13.0. The number of halogens is 1. The summed E-state index contributed by atoms with van der Waals surface area (Å²) in [5, 5.41) is 0.650. The van der Waals surface area contributed by atoms with E-state index in [9.17, 15) is 4.79 Å². The lowest BCUT2D eigenvalue weighted by atomic mass is 10.1. The maximum atomic E-state index is 12.2. The van der Waals surface area contributed by atoms with Gasteiger partial charge in [0, 0.05) is 22.7 Å². The first-order chi connectivity index (χ1) is 7.43. The van der Waals surface area contributed by atoms with E-state index in [4.69, 9.17) is 11.6 Å². The normalized spacial score (nSPS) is 10.9. The van der Waals surface area contributed by atoms with Crippen molar-refractivity contribution < 1.29 is 4.79 Å². The summed E-state index contributed by atoms with van der Waals surface area (Å²) in [6.45, 7) is 8.09. The Balaban J connectivity index is 2.95. The Morgan fingerprint density at radius 3 is 1.88 bits per heavy atom. The zero-order chi connectivity index (χ0) is 12.3. The Labute approximate surface area is 102 Å². The van der Waals surface area contributed by atoms with Crippen LogP contribution < -0.4 is 0 Å². The predicted octanol–water partition coefficient (Wildman–Crippen LogP) is 3.60. The molecule has 0 aliphatic heterocycles. The molecule has 1 aromatic rings. The van der Waals surface area contributed by atoms with Crippen LogP contribution in [0.15, 0.2) is 24.3 Å². The van der Waals surface area contributed by atoms with Gasteiger partial charge in [0.25, 0.3) is 5.91 Å². The highest BCUT2D eigenvalue weighted by Crippen LogP contribution is 2.15. The molecule has 0 aliphatic carbocycles. The van der Waals surface area contributed by atoms with Gasteiger partial charge in [0.2, 0.25) is 0 Å². The van der Waals surface area contributed by atoms with Crippen molar-refractivity contribution in [3.8, 4) is 0 Å². The van der Waals surface area contributed by atoms with Gasteiger partial charge in [-0.2, -0.15) is 0 Å². The SMILES string of the molecule is CC(C)N(C(=O)c1ccc(Cl)cc1)C(C)C. The van der Waals surface area contributed by atoms with Crippen molar-refractivity contribution in [2.45, 2.75) is 39.8 Å². The van der Waals surface area contributed by atoms with Gasteiger partial charge in [0.05, 0.1) is 0 Å². The third kappa shape index (κ3) is 2.99. The van der Waals surface area contributed by atoms with E-state index in [1.54, 1.807) is 24.3 Å². The van der Waals surface area contributed by atoms with Gasteiger partial charge in [-0.3, -0.25) is 4.79 Å². The number of hydrogen-bond acceptors (Lipinski definition) is 1. The number of carbonyl (C=O) groups is 1. The second-order valence-corrected chi connectivity index (χ2v) is 4.84. The van der Waals surface area contributed by atoms with Crippen LogP contribution in [0.3, 0.4) is 0 Å². The van der Waals surface area contributed by atoms with Gasteiger partial charge in [0.15, 0.2) is 0 Å². The molecule has 3 heteroatoms. The minimum absolute atomic E-state index is 0.0571. The lowest BCUT2D eigenvalue weighted by Crippen LogP contribution is -2.42. The summed E-state index contributed by atoms with van der Waals surface area (Å²) in [7, 11) is 0. The zero-order valence-electron chi connectivity index (χ0n) is 10.2. The summed E-state index contributed by atoms with van der Waals surface area (Å²) in [5.74, 6) is 0.0571. The van der Waals surface area contributed by atoms with Gasteiger partial charge in [-0.1, -0.05) is 11.6 Å². The maximum Gasteiger partial charge on any atom is 0.254 e. The average Bonchev–Trinajstić information content (AvgIpc) is 2.17. The summed E-state index contributed by atoms with van der Waals surface area (Å²) in [6, 6.07) is 7.41. The van der Waals surface area contributed by atoms with Crippen LogP contribution in [0.1, 0.15) is 38.1 Å². The van der Waals surface area contributed by atoms with E-state index in [0.717, 1.165) is 0 Å². The summed E-state index contributed by atoms with van der Waals surface area (Å²) in [4.78, 5) is 14.1. The van der Waals surface area contributed by atoms with E-state index in [0.29, 0.717) is 10.6 Å². The molecule has 1 rings (SSSR count). The molecule has 0 heterocycles. The summed E-state index contributed by atoms with van der Waals surface area (Å²) in [5.41, 5.74) is 0.687. The fraction of sp³-hybridized carbons (Fsp3) is 0.462. The van der Waals surface area contributed by atoms with Gasteiger partial charge >= 0.3 is 0 Å². The molecule has 0 aromatic heterocycles. The van der Waals surface area contributed by atoms with Crippen molar-refractivity contribution in [2.24, 2.45) is 0 Å².